The molecule has 0 aliphatic carbocycles. The van der Waals surface area contributed by atoms with E-state index in [1.165, 1.54) is 16.8 Å². The highest BCUT2D eigenvalue weighted by Crippen LogP contribution is 2.06. The van der Waals surface area contributed by atoms with Gasteiger partial charge in [0.15, 0.2) is 0 Å². The van der Waals surface area contributed by atoms with Crippen LogP contribution in [0.15, 0.2) is 47.3 Å². The summed E-state index contributed by atoms with van der Waals surface area (Å²) >= 11 is 0. The zero-order valence-electron chi connectivity index (χ0n) is 14.2. The Morgan fingerprint density at radius 3 is 2.44 bits per heavy atom. The number of benzene rings is 1. The average molecular weight is 343 g/mol. The minimum absolute atomic E-state index is 0.00513. The minimum atomic E-state index is -1.10. The van der Waals surface area contributed by atoms with Crippen LogP contribution in [0.1, 0.15) is 36.3 Å². The number of amides is 1. The van der Waals surface area contributed by atoms with Crippen LogP contribution in [0.5, 0.6) is 0 Å². The van der Waals surface area contributed by atoms with E-state index in [0.717, 1.165) is 5.56 Å². The van der Waals surface area contributed by atoms with Gasteiger partial charge < -0.3 is 10.4 Å². The van der Waals surface area contributed by atoms with E-state index in [9.17, 15) is 19.5 Å². The first-order valence-corrected chi connectivity index (χ1v) is 8.02. The molecule has 25 heavy (non-hydrogen) atoms. The molecule has 1 atom stereocenters. The second-order valence-corrected chi connectivity index (χ2v) is 6.19. The maximum atomic E-state index is 12.3. The molecule has 1 aromatic carbocycles. The third-order valence-electron chi connectivity index (χ3n) is 3.58. The number of carboxylic acid groups (broad SMARTS) is 1. The van der Waals surface area contributed by atoms with Crippen molar-refractivity contribution in [1.29, 1.82) is 0 Å². The number of carbonyl (C=O) groups excluding carboxylic acids is 1. The van der Waals surface area contributed by atoms with Gasteiger partial charge in [-0.2, -0.15) is 5.10 Å². The lowest BCUT2D eigenvalue weighted by Crippen LogP contribution is -2.42. The summed E-state index contributed by atoms with van der Waals surface area (Å²) in [6, 6.07) is 10.8. The molecule has 0 radical (unpaired) electrons. The topological polar surface area (TPSA) is 101 Å². The lowest BCUT2D eigenvalue weighted by Gasteiger charge is -2.16. The quantitative estimate of drug-likeness (QED) is 0.794. The van der Waals surface area contributed by atoms with Crippen molar-refractivity contribution < 1.29 is 14.7 Å². The Hall–Kier alpha value is -2.96. The predicted molar refractivity (Wildman–Crippen MR) is 92.4 cm³/mol. The zero-order valence-corrected chi connectivity index (χ0v) is 14.2. The molecular weight excluding hydrogens is 322 g/mol. The molecule has 0 aliphatic heterocycles. The molecule has 2 aromatic rings. The standard InChI is InChI=1S/C18H21N3O4/c1-12(2)10-15(18(24)25)19-17(23)14-8-9-16(22)21(20-14)11-13-6-4-3-5-7-13/h3-9,12,15H,10-11H2,1-2H3,(H,19,23)(H,24,25)/t15-/m0/s1. The Morgan fingerprint density at radius 2 is 1.84 bits per heavy atom. The highest BCUT2D eigenvalue weighted by molar-refractivity contribution is 5.94. The molecule has 0 spiro atoms. The summed E-state index contributed by atoms with van der Waals surface area (Å²) in [6.07, 6.45) is 0.310. The van der Waals surface area contributed by atoms with Crippen molar-refractivity contribution in [3.05, 3.63) is 64.1 Å². The molecule has 2 rings (SSSR count). The summed E-state index contributed by atoms with van der Waals surface area (Å²) in [5, 5.41) is 15.7. The van der Waals surface area contributed by atoms with E-state index >= 15 is 0 Å². The van der Waals surface area contributed by atoms with Gasteiger partial charge in [-0.05, 0) is 24.0 Å². The van der Waals surface area contributed by atoms with Crippen LogP contribution in [0, 0.1) is 5.92 Å². The fraction of sp³-hybridized carbons (Fsp3) is 0.333. The molecule has 0 saturated heterocycles. The fourth-order valence-corrected chi connectivity index (χ4v) is 2.36. The van der Waals surface area contributed by atoms with Gasteiger partial charge in [0.25, 0.3) is 11.5 Å². The molecule has 0 bridgehead atoms. The molecule has 0 fully saturated rings. The van der Waals surface area contributed by atoms with Crippen LogP contribution in [0.3, 0.4) is 0 Å². The normalized spacial score (nSPS) is 12.0. The van der Waals surface area contributed by atoms with Crippen LogP contribution in [-0.4, -0.2) is 32.8 Å². The summed E-state index contributed by atoms with van der Waals surface area (Å²) < 4.78 is 1.18. The smallest absolute Gasteiger partial charge is 0.326 e. The number of aliphatic carboxylic acids is 1. The molecule has 2 N–H and O–H groups in total. The van der Waals surface area contributed by atoms with Gasteiger partial charge in [0.1, 0.15) is 11.7 Å². The fourth-order valence-electron chi connectivity index (χ4n) is 2.36. The Balaban J connectivity index is 2.18. The van der Waals surface area contributed by atoms with Gasteiger partial charge in [-0.3, -0.25) is 9.59 Å². The molecule has 132 valence electrons. The third kappa shape index (κ3) is 5.27. The molecular formula is C18H21N3O4. The Bertz CT molecular complexity index is 799. The van der Waals surface area contributed by atoms with Gasteiger partial charge in [-0.15, -0.1) is 0 Å². The van der Waals surface area contributed by atoms with Crippen LogP contribution in [0.25, 0.3) is 0 Å². The van der Waals surface area contributed by atoms with E-state index in [4.69, 9.17) is 0 Å². The molecule has 7 nitrogen and oxygen atoms in total. The van der Waals surface area contributed by atoms with Gasteiger partial charge in [0.05, 0.1) is 6.54 Å². The molecule has 7 heteroatoms. The van der Waals surface area contributed by atoms with E-state index in [1.807, 2.05) is 44.2 Å². The Labute approximate surface area is 145 Å². The number of nitrogens with one attached hydrogen (secondary N) is 1. The molecule has 0 unspecified atom stereocenters. The number of carbonyl (C=O) groups is 2. The number of aromatic nitrogens is 2. The van der Waals surface area contributed by atoms with Crippen molar-refractivity contribution in [2.75, 3.05) is 0 Å². The van der Waals surface area contributed by atoms with Crippen molar-refractivity contribution >= 4 is 11.9 Å². The maximum Gasteiger partial charge on any atom is 0.326 e. The minimum Gasteiger partial charge on any atom is -0.480 e. The molecule has 0 saturated carbocycles. The van der Waals surface area contributed by atoms with E-state index in [0.29, 0.717) is 6.42 Å². The highest BCUT2D eigenvalue weighted by Gasteiger charge is 2.22. The molecule has 0 aliphatic rings. The monoisotopic (exact) mass is 343 g/mol. The summed E-state index contributed by atoms with van der Waals surface area (Å²) in [6.45, 7) is 3.98. The van der Waals surface area contributed by atoms with Crippen molar-refractivity contribution in [2.45, 2.75) is 32.9 Å². The average Bonchev–Trinajstić information content (AvgIpc) is 2.56. The van der Waals surface area contributed by atoms with Crippen molar-refractivity contribution in [2.24, 2.45) is 5.92 Å². The van der Waals surface area contributed by atoms with Crippen LogP contribution in [0.2, 0.25) is 0 Å². The van der Waals surface area contributed by atoms with Crippen LogP contribution in [-0.2, 0) is 11.3 Å². The second kappa shape index (κ2) is 8.23. The predicted octanol–water partition coefficient (Wildman–Crippen LogP) is 1.52. The summed E-state index contributed by atoms with van der Waals surface area (Å²) in [5.74, 6) is -1.60. The summed E-state index contributed by atoms with van der Waals surface area (Å²) in [5.41, 5.74) is 0.542. The van der Waals surface area contributed by atoms with Gasteiger partial charge in [0.2, 0.25) is 0 Å². The summed E-state index contributed by atoms with van der Waals surface area (Å²) in [4.78, 5) is 35.5. The van der Waals surface area contributed by atoms with Crippen LogP contribution >= 0.6 is 0 Å². The first-order chi connectivity index (χ1) is 11.9. The van der Waals surface area contributed by atoms with Crippen LogP contribution in [0.4, 0.5) is 0 Å². The van der Waals surface area contributed by atoms with Crippen molar-refractivity contribution in [3.63, 3.8) is 0 Å². The summed E-state index contributed by atoms with van der Waals surface area (Å²) in [7, 11) is 0. The second-order valence-electron chi connectivity index (χ2n) is 6.19. The van der Waals surface area contributed by atoms with Crippen LogP contribution < -0.4 is 10.9 Å². The third-order valence-corrected chi connectivity index (χ3v) is 3.58. The van der Waals surface area contributed by atoms with Gasteiger partial charge in [-0.25, -0.2) is 9.48 Å². The largest absolute Gasteiger partial charge is 0.480 e. The first-order valence-electron chi connectivity index (χ1n) is 8.02. The van der Waals surface area contributed by atoms with Gasteiger partial charge >= 0.3 is 5.97 Å². The lowest BCUT2D eigenvalue weighted by molar-refractivity contribution is -0.139. The van der Waals surface area contributed by atoms with E-state index < -0.39 is 17.9 Å². The first kappa shape index (κ1) is 18.4. The van der Waals surface area contributed by atoms with E-state index in [2.05, 4.69) is 10.4 Å². The Kier molecular flexibility index (Phi) is 6.05. The number of hydrogen-bond donors (Lipinski definition) is 2. The zero-order chi connectivity index (χ0) is 18.4. The van der Waals surface area contributed by atoms with Crippen molar-refractivity contribution in [1.82, 2.24) is 15.1 Å². The van der Waals surface area contributed by atoms with E-state index in [-0.39, 0.29) is 23.7 Å². The Morgan fingerprint density at radius 1 is 1.16 bits per heavy atom. The molecule has 1 amide bonds. The number of hydrogen-bond acceptors (Lipinski definition) is 4. The van der Waals surface area contributed by atoms with Gasteiger partial charge in [0, 0.05) is 6.07 Å². The number of rotatable bonds is 7. The van der Waals surface area contributed by atoms with Gasteiger partial charge in [-0.1, -0.05) is 44.2 Å². The number of carboxylic acids is 1. The number of nitrogens with zero attached hydrogens (tertiary/aromatic N) is 2. The lowest BCUT2D eigenvalue weighted by atomic mass is 10.0. The highest BCUT2D eigenvalue weighted by atomic mass is 16.4. The van der Waals surface area contributed by atoms with Crippen molar-refractivity contribution in [3.8, 4) is 0 Å². The molecule has 1 aromatic heterocycles. The molecule has 1 heterocycles. The van der Waals surface area contributed by atoms with E-state index in [1.54, 1.807) is 0 Å². The maximum absolute atomic E-state index is 12.3. The SMILES string of the molecule is CC(C)C[C@H](NC(=O)c1ccc(=O)n(Cc2ccccc2)n1)C(=O)O.